The van der Waals surface area contributed by atoms with Crippen LogP contribution in [0.1, 0.15) is 85.9 Å². The molecule has 0 atom stereocenters. The van der Waals surface area contributed by atoms with E-state index >= 15 is 0 Å². The van der Waals surface area contributed by atoms with Gasteiger partial charge in [-0.15, -0.1) is 0 Å². The van der Waals surface area contributed by atoms with Crippen LogP contribution in [0.4, 0.5) is 0 Å². The molecule has 0 aromatic heterocycles. The van der Waals surface area contributed by atoms with E-state index in [1.165, 1.54) is 0 Å². The maximum atomic E-state index is 13.0. The van der Waals surface area contributed by atoms with E-state index < -0.39 is 5.91 Å². The van der Waals surface area contributed by atoms with Crippen molar-refractivity contribution in [2.75, 3.05) is 13.2 Å². The molecule has 0 bridgehead atoms. The van der Waals surface area contributed by atoms with Crippen molar-refractivity contribution in [3.63, 3.8) is 0 Å². The third-order valence-corrected chi connectivity index (χ3v) is 5.30. The number of hydrogen-bond acceptors (Lipinski definition) is 5. The molecule has 174 valence electrons. The molecule has 6 nitrogen and oxygen atoms in total. The number of nitrogens with one attached hydrogen (secondary N) is 1. The number of ketones is 1. The van der Waals surface area contributed by atoms with Gasteiger partial charge in [-0.1, -0.05) is 53.7 Å². The van der Waals surface area contributed by atoms with Gasteiger partial charge in [-0.2, -0.15) is 0 Å². The summed E-state index contributed by atoms with van der Waals surface area (Å²) in [5, 5.41) is 14.0. The Morgan fingerprint density at radius 1 is 1.03 bits per heavy atom. The number of nitrogens with two attached hydrogens (primary N) is 1. The van der Waals surface area contributed by atoms with E-state index in [9.17, 15) is 14.7 Å². The summed E-state index contributed by atoms with van der Waals surface area (Å²) >= 11 is 0. The number of benzene rings is 2. The summed E-state index contributed by atoms with van der Waals surface area (Å²) in [4.78, 5) is 24.8. The Bertz CT molecular complexity index is 963. The quantitative estimate of drug-likeness (QED) is 0.526. The number of phenolic OH excluding ortho intramolecular Hbond substituents is 1. The lowest BCUT2D eigenvalue weighted by Gasteiger charge is -2.28. The Hall–Kier alpha value is -2.86. The lowest BCUT2D eigenvalue weighted by Crippen LogP contribution is -2.25. The molecule has 0 aliphatic heterocycles. The molecule has 0 radical (unpaired) electrons. The molecule has 0 saturated heterocycles. The first-order valence-electron chi connectivity index (χ1n) is 10.9. The van der Waals surface area contributed by atoms with Crippen LogP contribution in [0.2, 0.25) is 0 Å². The Morgan fingerprint density at radius 2 is 1.59 bits per heavy atom. The maximum absolute atomic E-state index is 13.0. The van der Waals surface area contributed by atoms with Gasteiger partial charge in [0.15, 0.2) is 5.78 Å². The Kier molecular flexibility index (Phi) is 7.73. The number of carbonyl (C=O) groups is 2. The van der Waals surface area contributed by atoms with Crippen LogP contribution >= 0.6 is 0 Å². The predicted octanol–water partition coefficient (Wildman–Crippen LogP) is 4.46. The number of Topliss-reactive ketones (excluding diaryl/α,β-unsaturated/α-hetero) is 1. The summed E-state index contributed by atoms with van der Waals surface area (Å²) in [6.07, 6.45) is 0. The van der Waals surface area contributed by atoms with Gasteiger partial charge in [0.2, 0.25) is 0 Å². The number of phenols is 1. The zero-order valence-electron chi connectivity index (χ0n) is 20.3. The minimum atomic E-state index is -0.556. The minimum Gasteiger partial charge on any atom is -0.507 e. The molecule has 6 heteroatoms. The zero-order valence-corrected chi connectivity index (χ0v) is 20.3. The second-order valence-corrected chi connectivity index (χ2v) is 10.0. The largest absolute Gasteiger partial charge is 0.507 e. The summed E-state index contributed by atoms with van der Waals surface area (Å²) in [6, 6.07) is 8.78. The summed E-state index contributed by atoms with van der Waals surface area (Å²) in [5.41, 5.74) is 7.98. The Morgan fingerprint density at radius 3 is 2.06 bits per heavy atom. The van der Waals surface area contributed by atoms with Crippen molar-refractivity contribution < 1.29 is 19.4 Å². The van der Waals surface area contributed by atoms with E-state index in [2.05, 4.69) is 5.32 Å². The summed E-state index contributed by atoms with van der Waals surface area (Å²) in [5.74, 6) is 0.0566. The summed E-state index contributed by atoms with van der Waals surface area (Å²) in [6.45, 7) is 14.8. The van der Waals surface area contributed by atoms with Crippen molar-refractivity contribution in [2.45, 2.75) is 65.8 Å². The fraction of sp³-hybridized carbons (Fsp3) is 0.462. The highest BCUT2D eigenvalue weighted by molar-refractivity contribution is 5.98. The van der Waals surface area contributed by atoms with Crippen molar-refractivity contribution in [1.82, 2.24) is 5.32 Å². The van der Waals surface area contributed by atoms with E-state index in [4.69, 9.17) is 10.5 Å². The van der Waals surface area contributed by atoms with Crippen LogP contribution in [0.5, 0.6) is 11.5 Å². The van der Waals surface area contributed by atoms with E-state index in [-0.39, 0.29) is 28.9 Å². The van der Waals surface area contributed by atoms with Crippen molar-refractivity contribution in [1.29, 1.82) is 0 Å². The number of rotatable bonds is 8. The van der Waals surface area contributed by atoms with Crippen LogP contribution in [0.15, 0.2) is 30.3 Å². The van der Waals surface area contributed by atoms with Gasteiger partial charge in [-0.05, 0) is 36.0 Å². The maximum Gasteiger partial charge on any atom is 0.252 e. The van der Waals surface area contributed by atoms with Crippen LogP contribution in [-0.4, -0.2) is 29.9 Å². The number of para-hydroxylation sites is 1. The molecule has 2 rings (SSSR count). The van der Waals surface area contributed by atoms with Crippen LogP contribution in [0, 0.1) is 0 Å². The number of primary amides is 1. The number of ether oxygens (including phenoxy) is 1. The molecular weight excluding hydrogens is 404 g/mol. The molecule has 0 saturated carbocycles. The highest BCUT2D eigenvalue weighted by atomic mass is 16.5. The van der Waals surface area contributed by atoms with Gasteiger partial charge in [0.1, 0.15) is 11.5 Å². The predicted molar refractivity (Wildman–Crippen MR) is 128 cm³/mol. The van der Waals surface area contributed by atoms with Crippen LogP contribution in [-0.2, 0) is 17.4 Å². The molecule has 0 unspecified atom stereocenters. The molecule has 1 amide bonds. The van der Waals surface area contributed by atoms with Crippen molar-refractivity contribution in [3.8, 4) is 11.5 Å². The van der Waals surface area contributed by atoms with Gasteiger partial charge in [0, 0.05) is 28.8 Å². The molecule has 2 aromatic rings. The lowest BCUT2D eigenvalue weighted by atomic mass is 9.78. The fourth-order valence-corrected chi connectivity index (χ4v) is 3.58. The molecule has 0 aliphatic carbocycles. The van der Waals surface area contributed by atoms with Crippen LogP contribution < -0.4 is 15.8 Å². The molecule has 0 spiro atoms. The molecular formula is C26H36N2O4. The van der Waals surface area contributed by atoms with Gasteiger partial charge < -0.3 is 20.9 Å². The van der Waals surface area contributed by atoms with E-state index in [1.807, 2.05) is 54.5 Å². The SMILES string of the molecule is CCOc1c(CNCC(=O)c2cc(C(C)(C)C)c(O)c(C(C)(C)C)c2)cccc1C(N)=O. The smallest absolute Gasteiger partial charge is 0.252 e. The van der Waals surface area contributed by atoms with Crippen molar-refractivity contribution in [2.24, 2.45) is 5.73 Å². The molecule has 0 aliphatic rings. The number of carbonyl (C=O) groups excluding carboxylic acids is 2. The third kappa shape index (κ3) is 5.88. The minimum absolute atomic E-state index is 0.0787. The lowest BCUT2D eigenvalue weighted by molar-refractivity contribution is 0.0983. The first kappa shape index (κ1) is 25.4. The Balaban J connectivity index is 2.28. The molecule has 2 aromatic carbocycles. The van der Waals surface area contributed by atoms with Gasteiger partial charge in [-0.25, -0.2) is 0 Å². The second-order valence-electron chi connectivity index (χ2n) is 10.0. The average molecular weight is 441 g/mol. The standard InChI is InChI=1S/C26H36N2O4/c1-8-32-23-16(10-9-11-18(23)24(27)31)14-28-15-21(29)17-12-19(25(2,3)4)22(30)20(13-17)26(5,6)7/h9-13,28,30H,8,14-15H2,1-7H3,(H2,27,31). The molecule has 32 heavy (non-hydrogen) atoms. The third-order valence-electron chi connectivity index (χ3n) is 5.30. The van der Waals surface area contributed by atoms with E-state index in [1.54, 1.807) is 24.3 Å². The van der Waals surface area contributed by atoms with Crippen LogP contribution in [0.3, 0.4) is 0 Å². The molecule has 4 N–H and O–H groups in total. The van der Waals surface area contributed by atoms with Gasteiger partial charge >= 0.3 is 0 Å². The van der Waals surface area contributed by atoms with Crippen molar-refractivity contribution >= 4 is 11.7 Å². The molecule has 0 heterocycles. The van der Waals surface area contributed by atoms with Gasteiger partial charge in [-0.3, -0.25) is 9.59 Å². The second kappa shape index (κ2) is 9.74. The molecule has 0 fully saturated rings. The highest BCUT2D eigenvalue weighted by Crippen LogP contribution is 2.39. The van der Waals surface area contributed by atoms with Crippen LogP contribution in [0.25, 0.3) is 0 Å². The van der Waals surface area contributed by atoms with Gasteiger partial charge in [0.25, 0.3) is 5.91 Å². The summed E-state index contributed by atoms with van der Waals surface area (Å²) in [7, 11) is 0. The van der Waals surface area contributed by atoms with Gasteiger partial charge in [0.05, 0.1) is 18.7 Å². The van der Waals surface area contributed by atoms with Crippen molar-refractivity contribution in [3.05, 3.63) is 58.1 Å². The Labute approximate surface area is 191 Å². The first-order chi connectivity index (χ1) is 14.8. The fourth-order valence-electron chi connectivity index (χ4n) is 3.58. The normalized spacial score (nSPS) is 12.0. The number of amides is 1. The topological polar surface area (TPSA) is 102 Å². The average Bonchev–Trinajstić information content (AvgIpc) is 2.67. The number of hydrogen-bond donors (Lipinski definition) is 3. The monoisotopic (exact) mass is 440 g/mol. The van der Waals surface area contributed by atoms with E-state index in [0.29, 0.717) is 30.0 Å². The number of aromatic hydroxyl groups is 1. The zero-order chi connectivity index (χ0) is 24.3. The van der Waals surface area contributed by atoms with E-state index in [0.717, 1.165) is 16.7 Å². The summed E-state index contributed by atoms with van der Waals surface area (Å²) < 4.78 is 5.64. The first-order valence-corrected chi connectivity index (χ1v) is 10.9. The highest BCUT2D eigenvalue weighted by Gasteiger charge is 2.27.